The van der Waals surface area contributed by atoms with Crippen LogP contribution in [0, 0.1) is 0 Å². The van der Waals surface area contributed by atoms with Crippen LogP contribution >= 0.6 is 0 Å². The average molecular weight is 588 g/mol. The highest BCUT2D eigenvalue weighted by Crippen LogP contribution is 2.30. The summed E-state index contributed by atoms with van der Waals surface area (Å²) in [4.78, 5) is 42.9. The van der Waals surface area contributed by atoms with E-state index in [-0.39, 0.29) is 25.3 Å². The Kier molecular flexibility index (Phi) is 12.6. The first-order chi connectivity index (χ1) is 20.6. The summed E-state index contributed by atoms with van der Waals surface area (Å²) in [7, 11) is 0. The smallest absolute Gasteiger partial charge is 0.408 e. The van der Waals surface area contributed by atoms with Gasteiger partial charge >= 0.3 is 6.09 Å². The standard InChI is InChI=1S/C35H45N3O5/c1-5-6-7-16-23-38(33(41)29(24-26-17-10-8-11-18-26)37-34(42)43-35(2,3)4)31(28-21-14-15-22-30(28)39)32(40)36-25-27-19-12-9-13-20-27/h8-15,17-22,29,31,39H,5-7,16,23-25H2,1-4H3,(H,36,40)(H,37,42). The lowest BCUT2D eigenvalue weighted by atomic mass is 9.99. The molecule has 3 aromatic carbocycles. The van der Waals surface area contributed by atoms with Gasteiger partial charge in [0.2, 0.25) is 11.8 Å². The third kappa shape index (κ3) is 10.8. The zero-order chi connectivity index (χ0) is 31.2. The van der Waals surface area contributed by atoms with Crippen molar-refractivity contribution in [2.75, 3.05) is 6.54 Å². The van der Waals surface area contributed by atoms with Crippen LogP contribution in [0.1, 0.15) is 76.1 Å². The minimum atomic E-state index is -1.13. The molecule has 0 aliphatic heterocycles. The molecule has 0 spiro atoms. The van der Waals surface area contributed by atoms with E-state index in [1.54, 1.807) is 39.0 Å². The maximum absolute atomic E-state index is 14.5. The molecule has 8 nitrogen and oxygen atoms in total. The molecule has 3 N–H and O–H groups in total. The molecule has 8 heteroatoms. The summed E-state index contributed by atoms with van der Waals surface area (Å²) >= 11 is 0. The molecule has 0 aliphatic rings. The number of rotatable bonds is 14. The van der Waals surface area contributed by atoms with Gasteiger partial charge in [-0.3, -0.25) is 9.59 Å². The van der Waals surface area contributed by atoms with Gasteiger partial charge < -0.3 is 25.4 Å². The van der Waals surface area contributed by atoms with Crippen LogP contribution in [-0.4, -0.2) is 46.1 Å². The predicted octanol–water partition coefficient (Wildman–Crippen LogP) is 6.29. The second kappa shape index (κ2) is 16.3. The van der Waals surface area contributed by atoms with Gasteiger partial charge in [-0.05, 0) is 44.4 Å². The van der Waals surface area contributed by atoms with Crippen LogP contribution < -0.4 is 10.6 Å². The Labute approximate surface area is 255 Å². The molecule has 3 amide bonds. The topological polar surface area (TPSA) is 108 Å². The normalized spacial score (nSPS) is 12.6. The number of hydrogen-bond donors (Lipinski definition) is 3. The Morgan fingerprint density at radius 1 is 0.837 bits per heavy atom. The Morgan fingerprint density at radius 2 is 1.44 bits per heavy atom. The first-order valence-electron chi connectivity index (χ1n) is 15.0. The first-order valence-corrected chi connectivity index (χ1v) is 15.0. The first kappa shape index (κ1) is 33.2. The van der Waals surface area contributed by atoms with E-state index in [9.17, 15) is 19.5 Å². The lowest BCUT2D eigenvalue weighted by Gasteiger charge is -2.35. The Morgan fingerprint density at radius 3 is 2.05 bits per heavy atom. The number of phenolic OH excluding ortho intramolecular Hbond substituents is 1. The average Bonchev–Trinajstić information content (AvgIpc) is 2.97. The molecule has 0 bridgehead atoms. The SMILES string of the molecule is CCCCCCN(C(=O)C(Cc1ccccc1)NC(=O)OC(C)(C)C)C(C(=O)NCc1ccccc1)c1ccccc1O. The number of phenols is 1. The van der Waals surface area contributed by atoms with Gasteiger partial charge in [0.25, 0.3) is 0 Å². The van der Waals surface area contributed by atoms with Crippen LogP contribution in [0.3, 0.4) is 0 Å². The fourth-order valence-electron chi connectivity index (χ4n) is 4.83. The Bertz CT molecular complexity index is 1310. The molecule has 3 rings (SSSR count). The fraction of sp³-hybridized carbons (Fsp3) is 0.400. The van der Waals surface area contributed by atoms with Crippen LogP contribution in [-0.2, 0) is 27.3 Å². The Balaban J connectivity index is 2.02. The van der Waals surface area contributed by atoms with Gasteiger partial charge in [0.1, 0.15) is 23.4 Å². The van der Waals surface area contributed by atoms with Gasteiger partial charge in [-0.15, -0.1) is 0 Å². The van der Waals surface area contributed by atoms with Crippen LogP contribution in [0.2, 0.25) is 0 Å². The summed E-state index contributed by atoms with van der Waals surface area (Å²) in [6, 6.07) is 23.3. The van der Waals surface area contributed by atoms with E-state index >= 15 is 0 Å². The molecule has 43 heavy (non-hydrogen) atoms. The number of carbonyl (C=O) groups excluding carboxylic acids is 3. The second-order valence-corrected chi connectivity index (χ2v) is 11.6. The van der Waals surface area contributed by atoms with Gasteiger partial charge in [0.05, 0.1) is 0 Å². The highest BCUT2D eigenvalue weighted by Gasteiger charge is 2.37. The molecule has 0 heterocycles. The van der Waals surface area contributed by atoms with E-state index < -0.39 is 35.6 Å². The van der Waals surface area contributed by atoms with Crippen molar-refractivity contribution in [2.24, 2.45) is 0 Å². The van der Waals surface area contributed by atoms with E-state index in [4.69, 9.17) is 4.74 Å². The van der Waals surface area contributed by atoms with Crippen LogP contribution in [0.25, 0.3) is 0 Å². The highest BCUT2D eigenvalue weighted by atomic mass is 16.6. The number of amides is 3. The summed E-state index contributed by atoms with van der Waals surface area (Å²) in [6.07, 6.45) is 2.98. The molecule has 0 radical (unpaired) electrons. The van der Waals surface area contributed by atoms with Crippen molar-refractivity contribution in [1.29, 1.82) is 0 Å². The van der Waals surface area contributed by atoms with Gasteiger partial charge in [0.15, 0.2) is 0 Å². The zero-order valence-corrected chi connectivity index (χ0v) is 25.7. The van der Waals surface area contributed by atoms with Crippen molar-refractivity contribution in [3.05, 3.63) is 102 Å². The molecule has 0 aliphatic carbocycles. The molecular weight excluding hydrogens is 542 g/mol. The van der Waals surface area contributed by atoms with E-state index in [2.05, 4.69) is 17.6 Å². The van der Waals surface area contributed by atoms with Crippen LogP contribution in [0.15, 0.2) is 84.9 Å². The maximum atomic E-state index is 14.5. The molecule has 0 aromatic heterocycles. The summed E-state index contributed by atoms with van der Waals surface area (Å²) in [5.74, 6) is -0.951. The number of unbranched alkanes of at least 4 members (excludes halogenated alkanes) is 3. The number of nitrogens with zero attached hydrogens (tertiary/aromatic N) is 1. The molecule has 0 fully saturated rings. The minimum absolute atomic E-state index is 0.0894. The third-order valence-electron chi connectivity index (χ3n) is 6.91. The molecular formula is C35H45N3O5. The van der Waals surface area contributed by atoms with Crippen molar-refractivity contribution < 1.29 is 24.2 Å². The van der Waals surface area contributed by atoms with Gasteiger partial charge in [-0.25, -0.2) is 4.79 Å². The number of aromatic hydroxyl groups is 1. The molecule has 3 aromatic rings. The lowest BCUT2D eigenvalue weighted by Crippen LogP contribution is -2.54. The van der Waals surface area contributed by atoms with E-state index in [1.807, 2.05) is 60.7 Å². The van der Waals surface area contributed by atoms with Gasteiger partial charge in [0, 0.05) is 25.1 Å². The summed E-state index contributed by atoms with van der Waals surface area (Å²) in [6.45, 7) is 7.89. The predicted molar refractivity (Wildman–Crippen MR) is 168 cm³/mol. The number of carbonyl (C=O) groups is 3. The number of nitrogens with one attached hydrogen (secondary N) is 2. The van der Waals surface area contributed by atoms with Crippen molar-refractivity contribution in [3.8, 4) is 5.75 Å². The van der Waals surface area contributed by atoms with Gasteiger partial charge in [-0.2, -0.15) is 0 Å². The second-order valence-electron chi connectivity index (χ2n) is 11.6. The number of ether oxygens (including phenoxy) is 1. The van der Waals surface area contributed by atoms with Crippen LogP contribution in [0.4, 0.5) is 4.79 Å². The number of benzene rings is 3. The number of alkyl carbamates (subject to hydrolysis) is 1. The van der Waals surface area contributed by atoms with Crippen LogP contribution in [0.5, 0.6) is 5.75 Å². The summed E-state index contributed by atoms with van der Waals surface area (Å²) in [5, 5.41) is 16.6. The van der Waals surface area contributed by atoms with Crippen molar-refractivity contribution in [2.45, 2.75) is 84.0 Å². The maximum Gasteiger partial charge on any atom is 0.408 e. The molecule has 2 unspecified atom stereocenters. The van der Waals surface area contributed by atoms with Crippen molar-refractivity contribution >= 4 is 17.9 Å². The number of hydrogen-bond acceptors (Lipinski definition) is 5. The summed E-state index contributed by atoms with van der Waals surface area (Å²) in [5.41, 5.74) is 1.30. The quantitative estimate of drug-likeness (QED) is 0.192. The minimum Gasteiger partial charge on any atom is -0.508 e. The monoisotopic (exact) mass is 587 g/mol. The fourth-order valence-corrected chi connectivity index (χ4v) is 4.83. The molecule has 230 valence electrons. The van der Waals surface area contributed by atoms with Gasteiger partial charge in [-0.1, -0.05) is 105 Å². The number of para-hydroxylation sites is 1. The molecule has 2 atom stereocenters. The Hall–Kier alpha value is -4.33. The lowest BCUT2D eigenvalue weighted by molar-refractivity contribution is -0.142. The zero-order valence-electron chi connectivity index (χ0n) is 25.7. The highest BCUT2D eigenvalue weighted by molar-refractivity contribution is 5.92. The molecule has 0 saturated heterocycles. The largest absolute Gasteiger partial charge is 0.508 e. The van der Waals surface area contributed by atoms with E-state index in [1.165, 1.54) is 11.0 Å². The third-order valence-corrected chi connectivity index (χ3v) is 6.91. The van der Waals surface area contributed by atoms with E-state index in [0.29, 0.717) is 12.0 Å². The summed E-state index contributed by atoms with van der Waals surface area (Å²) < 4.78 is 5.51. The van der Waals surface area contributed by atoms with Crippen molar-refractivity contribution in [3.63, 3.8) is 0 Å². The van der Waals surface area contributed by atoms with Crippen molar-refractivity contribution in [1.82, 2.24) is 15.5 Å². The molecule has 0 saturated carbocycles. The van der Waals surface area contributed by atoms with E-state index in [0.717, 1.165) is 30.4 Å².